The number of hydrogen-bond donors (Lipinski definition) is 2. The van der Waals surface area contributed by atoms with Crippen LogP contribution in [0.15, 0.2) is 0 Å². The Morgan fingerprint density at radius 1 is 1.29 bits per heavy atom. The number of aliphatic hydroxyl groups is 2. The molecule has 1 aromatic rings. The standard InChI is InChI=1S/C17H27N3O8/c1-12-15(20(23)24)16(18-19(12)13-5-9-25-10-6-13)28-17(21,22)7-11-27-14-4-2-3-8-26-14/h13-14,21-22H,2-11H2,1H3. The summed E-state index contributed by atoms with van der Waals surface area (Å²) in [5, 5.41) is 35.9. The lowest BCUT2D eigenvalue weighted by atomic mass is 10.1. The van der Waals surface area contributed by atoms with Crippen molar-refractivity contribution in [1.29, 1.82) is 0 Å². The molecule has 28 heavy (non-hydrogen) atoms. The van der Waals surface area contributed by atoms with Crippen molar-refractivity contribution in [3.63, 3.8) is 0 Å². The Morgan fingerprint density at radius 2 is 2.04 bits per heavy atom. The average Bonchev–Trinajstić information content (AvgIpc) is 2.98. The molecule has 1 aromatic heterocycles. The van der Waals surface area contributed by atoms with E-state index in [0.717, 1.165) is 19.3 Å². The normalized spacial score (nSPS) is 21.6. The summed E-state index contributed by atoms with van der Waals surface area (Å²) in [5.74, 6) is -3.08. The first-order chi connectivity index (χ1) is 13.4. The van der Waals surface area contributed by atoms with Gasteiger partial charge in [-0.2, -0.15) is 0 Å². The van der Waals surface area contributed by atoms with Crippen molar-refractivity contribution in [3.8, 4) is 5.88 Å². The molecule has 1 unspecified atom stereocenters. The van der Waals surface area contributed by atoms with Gasteiger partial charge in [0, 0.05) is 19.8 Å². The van der Waals surface area contributed by atoms with Crippen molar-refractivity contribution in [2.75, 3.05) is 26.4 Å². The maximum absolute atomic E-state index is 11.5. The molecule has 0 saturated carbocycles. The van der Waals surface area contributed by atoms with Gasteiger partial charge in [-0.25, -0.2) is 0 Å². The van der Waals surface area contributed by atoms with Crippen LogP contribution in [0.3, 0.4) is 0 Å². The molecule has 1 atom stereocenters. The van der Waals surface area contributed by atoms with Crippen LogP contribution >= 0.6 is 0 Å². The zero-order valence-corrected chi connectivity index (χ0v) is 15.9. The SMILES string of the molecule is Cc1c([N+](=O)[O-])c(OC(O)(O)CCOC2CCCCO2)nn1C1CCOCC1. The van der Waals surface area contributed by atoms with Gasteiger partial charge < -0.3 is 29.2 Å². The molecule has 2 fully saturated rings. The van der Waals surface area contributed by atoms with Gasteiger partial charge in [-0.1, -0.05) is 0 Å². The summed E-state index contributed by atoms with van der Waals surface area (Å²) in [5.41, 5.74) is -0.0787. The zero-order chi connectivity index (χ0) is 20.1. The van der Waals surface area contributed by atoms with Gasteiger partial charge in [0.05, 0.1) is 24.0 Å². The van der Waals surface area contributed by atoms with Crippen LogP contribution in [0, 0.1) is 17.0 Å². The van der Waals surface area contributed by atoms with E-state index in [9.17, 15) is 20.3 Å². The molecule has 0 aromatic carbocycles. The number of rotatable bonds is 8. The van der Waals surface area contributed by atoms with E-state index in [1.54, 1.807) is 6.92 Å². The number of aromatic nitrogens is 2. The van der Waals surface area contributed by atoms with Gasteiger partial charge in [-0.05, 0) is 39.0 Å². The maximum Gasteiger partial charge on any atom is 0.353 e. The van der Waals surface area contributed by atoms with E-state index in [0.29, 0.717) is 38.4 Å². The Balaban J connectivity index is 1.66. The van der Waals surface area contributed by atoms with Gasteiger partial charge >= 0.3 is 17.5 Å². The lowest BCUT2D eigenvalue weighted by Gasteiger charge is -2.25. The third-order valence-electron chi connectivity index (χ3n) is 4.94. The Labute approximate surface area is 162 Å². The van der Waals surface area contributed by atoms with Crippen LogP contribution in [0.25, 0.3) is 0 Å². The minimum atomic E-state index is -2.65. The predicted molar refractivity (Wildman–Crippen MR) is 94.7 cm³/mol. The molecule has 11 heteroatoms. The van der Waals surface area contributed by atoms with E-state index in [2.05, 4.69) is 5.10 Å². The number of ether oxygens (including phenoxy) is 4. The molecule has 0 bridgehead atoms. The van der Waals surface area contributed by atoms with E-state index < -0.39 is 16.8 Å². The van der Waals surface area contributed by atoms with Gasteiger partial charge in [-0.15, -0.1) is 5.10 Å². The van der Waals surface area contributed by atoms with Crippen molar-refractivity contribution in [2.45, 2.75) is 63.8 Å². The van der Waals surface area contributed by atoms with Crippen molar-refractivity contribution in [2.24, 2.45) is 0 Å². The second-order valence-electron chi connectivity index (χ2n) is 7.05. The highest BCUT2D eigenvalue weighted by Crippen LogP contribution is 2.35. The second-order valence-corrected chi connectivity index (χ2v) is 7.05. The van der Waals surface area contributed by atoms with Gasteiger partial charge in [0.15, 0.2) is 6.29 Å². The Bertz CT molecular complexity index is 666. The highest BCUT2D eigenvalue weighted by atomic mass is 16.8. The molecule has 0 aliphatic carbocycles. The first kappa shape index (κ1) is 20.9. The Kier molecular flexibility index (Phi) is 6.83. The molecule has 158 valence electrons. The molecule has 0 amide bonds. The van der Waals surface area contributed by atoms with Crippen LogP contribution in [0.5, 0.6) is 5.88 Å². The van der Waals surface area contributed by atoms with Crippen molar-refractivity contribution in [3.05, 3.63) is 15.8 Å². The van der Waals surface area contributed by atoms with Crippen LogP contribution in [-0.4, -0.2) is 63.6 Å². The third kappa shape index (κ3) is 5.17. The Morgan fingerprint density at radius 3 is 2.68 bits per heavy atom. The largest absolute Gasteiger partial charge is 0.414 e. The topological polar surface area (TPSA) is 138 Å². The van der Waals surface area contributed by atoms with Crippen molar-refractivity contribution in [1.82, 2.24) is 9.78 Å². The van der Waals surface area contributed by atoms with Crippen molar-refractivity contribution < 1.29 is 34.1 Å². The van der Waals surface area contributed by atoms with Gasteiger partial charge in [0.2, 0.25) is 0 Å². The van der Waals surface area contributed by atoms with Crippen LogP contribution in [0.1, 0.15) is 50.3 Å². The number of nitrogens with zero attached hydrogens (tertiary/aromatic N) is 3. The summed E-state index contributed by atoms with van der Waals surface area (Å²) < 4.78 is 22.8. The molecule has 11 nitrogen and oxygen atoms in total. The zero-order valence-electron chi connectivity index (χ0n) is 15.9. The molecule has 2 N–H and O–H groups in total. The quantitative estimate of drug-likeness (QED) is 0.376. The lowest BCUT2D eigenvalue weighted by molar-refractivity contribution is -0.390. The number of nitro groups is 1. The summed E-state index contributed by atoms with van der Waals surface area (Å²) in [4.78, 5) is 10.9. The maximum atomic E-state index is 11.5. The second kappa shape index (κ2) is 9.14. The van der Waals surface area contributed by atoms with Gasteiger partial charge in [0.25, 0.3) is 0 Å². The molecule has 0 spiro atoms. The summed E-state index contributed by atoms with van der Waals surface area (Å²) >= 11 is 0. The summed E-state index contributed by atoms with van der Waals surface area (Å²) in [6.45, 7) is 3.22. The van der Waals surface area contributed by atoms with Crippen LogP contribution in [0.2, 0.25) is 0 Å². The molecule has 2 saturated heterocycles. The first-order valence-electron chi connectivity index (χ1n) is 9.55. The van der Waals surface area contributed by atoms with Crippen LogP contribution in [-0.2, 0) is 14.2 Å². The van der Waals surface area contributed by atoms with Gasteiger partial charge in [-0.3, -0.25) is 14.8 Å². The summed E-state index contributed by atoms with van der Waals surface area (Å²) in [7, 11) is 0. The van der Waals surface area contributed by atoms with E-state index in [4.69, 9.17) is 18.9 Å². The monoisotopic (exact) mass is 401 g/mol. The molecule has 0 radical (unpaired) electrons. The van der Waals surface area contributed by atoms with Crippen LogP contribution < -0.4 is 4.74 Å². The first-order valence-corrected chi connectivity index (χ1v) is 9.55. The minimum absolute atomic E-state index is 0.0366. The fourth-order valence-electron chi connectivity index (χ4n) is 3.42. The van der Waals surface area contributed by atoms with Crippen molar-refractivity contribution >= 4 is 5.69 Å². The smallest absolute Gasteiger partial charge is 0.353 e. The fraction of sp³-hybridized carbons (Fsp3) is 0.824. The highest BCUT2D eigenvalue weighted by molar-refractivity contribution is 5.45. The summed E-state index contributed by atoms with van der Waals surface area (Å²) in [6, 6.07) is -0.0663. The molecule has 3 heterocycles. The highest BCUT2D eigenvalue weighted by Gasteiger charge is 2.36. The fourth-order valence-corrected chi connectivity index (χ4v) is 3.42. The van der Waals surface area contributed by atoms with Gasteiger partial charge in [0.1, 0.15) is 5.69 Å². The van der Waals surface area contributed by atoms with Crippen LogP contribution in [0.4, 0.5) is 5.69 Å². The predicted octanol–water partition coefficient (Wildman–Crippen LogP) is 1.40. The number of hydrogen-bond acceptors (Lipinski definition) is 9. The molecular weight excluding hydrogens is 374 g/mol. The van der Waals surface area contributed by atoms with E-state index in [1.165, 1.54) is 4.68 Å². The average molecular weight is 401 g/mol. The molecule has 2 aliphatic heterocycles. The molecule has 3 rings (SSSR count). The molecular formula is C17H27N3O8. The molecule has 2 aliphatic rings. The minimum Gasteiger partial charge on any atom is -0.414 e. The van der Waals surface area contributed by atoms with E-state index in [-0.39, 0.29) is 31.0 Å². The summed E-state index contributed by atoms with van der Waals surface area (Å²) in [6.07, 6.45) is 3.34. The van der Waals surface area contributed by atoms with E-state index >= 15 is 0 Å². The third-order valence-corrected chi connectivity index (χ3v) is 4.94. The van der Waals surface area contributed by atoms with E-state index in [1.807, 2.05) is 0 Å². The lowest BCUT2D eigenvalue weighted by Crippen LogP contribution is -2.38. The Hall–Kier alpha value is -1.79.